The van der Waals surface area contributed by atoms with E-state index in [-0.39, 0.29) is 17.7 Å². The summed E-state index contributed by atoms with van der Waals surface area (Å²) < 4.78 is 23.7. The lowest BCUT2D eigenvalue weighted by Crippen LogP contribution is -2.32. The zero-order chi connectivity index (χ0) is 34.1. The van der Waals surface area contributed by atoms with E-state index in [9.17, 15) is 19.8 Å². The van der Waals surface area contributed by atoms with Gasteiger partial charge in [-0.05, 0) is 67.3 Å². The second-order valence-electron chi connectivity index (χ2n) is 12.4. The molecule has 0 spiro atoms. The van der Waals surface area contributed by atoms with Gasteiger partial charge in [-0.1, -0.05) is 26.0 Å². The second-order valence-corrected chi connectivity index (χ2v) is 12.4. The van der Waals surface area contributed by atoms with Gasteiger partial charge in [0.1, 0.15) is 28.7 Å². The maximum atomic E-state index is 15.5. The van der Waals surface area contributed by atoms with E-state index in [0.29, 0.717) is 45.0 Å². The Hall–Kier alpha value is -5.20. The largest absolute Gasteiger partial charge is 0.484 e. The standard InChI is InChI=1S/C35H37FN6O5/c1-34(2,19-37-5)22-14-21-12-13-42(33(46)31(21)26(36)15-22)29-9-7-8-24(25(29)18-43)27-16-28(32(45)41(6)40-27)39-30-11-10-23(17-38-30)47-35(3,4)20-44/h7-17,19,43-44H,18,20H2,1-6H3,(H,38,39). The minimum atomic E-state index is -0.789. The van der Waals surface area contributed by atoms with E-state index in [1.165, 1.54) is 29.9 Å². The third-order valence-electron chi connectivity index (χ3n) is 7.83. The minimum Gasteiger partial charge on any atom is -0.484 e. The first-order chi connectivity index (χ1) is 22.3. The van der Waals surface area contributed by atoms with E-state index in [2.05, 4.69) is 20.4 Å². The van der Waals surface area contributed by atoms with Gasteiger partial charge in [0.15, 0.2) is 0 Å². The monoisotopic (exact) mass is 640 g/mol. The van der Waals surface area contributed by atoms with Crippen molar-refractivity contribution in [3.63, 3.8) is 0 Å². The molecule has 0 bridgehead atoms. The van der Waals surface area contributed by atoms with E-state index in [1.807, 2.05) is 13.8 Å². The number of rotatable bonds is 10. The van der Waals surface area contributed by atoms with E-state index < -0.39 is 34.6 Å². The molecule has 3 N–H and O–H groups in total. The predicted octanol–water partition coefficient (Wildman–Crippen LogP) is 4.65. The quantitative estimate of drug-likeness (QED) is 0.187. The highest BCUT2D eigenvalue weighted by molar-refractivity contribution is 5.85. The fraction of sp³-hybridized carbons (Fsp3) is 0.286. The highest BCUT2D eigenvalue weighted by Gasteiger charge is 2.23. The number of aromatic nitrogens is 4. The zero-order valence-electron chi connectivity index (χ0n) is 27.1. The average molecular weight is 641 g/mol. The molecule has 0 radical (unpaired) electrons. The van der Waals surface area contributed by atoms with Crippen LogP contribution < -0.4 is 21.2 Å². The van der Waals surface area contributed by atoms with Gasteiger partial charge in [0, 0.05) is 43.0 Å². The number of aliphatic hydroxyl groups is 2. The first kappa shape index (κ1) is 33.2. The first-order valence-corrected chi connectivity index (χ1v) is 14.9. The average Bonchev–Trinajstić information content (AvgIpc) is 3.03. The molecule has 3 heterocycles. The summed E-state index contributed by atoms with van der Waals surface area (Å²) in [4.78, 5) is 35.2. The molecule has 0 saturated carbocycles. The number of nitrogens with one attached hydrogen (secondary N) is 1. The molecule has 0 unspecified atom stereocenters. The number of benzene rings is 2. The lowest BCUT2D eigenvalue weighted by atomic mass is 9.85. The molecule has 0 aliphatic carbocycles. The molecule has 0 saturated heterocycles. The van der Waals surface area contributed by atoms with Crippen molar-refractivity contribution in [3.05, 3.63) is 105 Å². The molecule has 47 heavy (non-hydrogen) atoms. The SMILES string of the molecule is CN=CC(C)(C)c1cc(F)c2c(=O)n(-c3cccc(-c4cc(Nc5ccc(OC(C)(C)CO)cn5)c(=O)n(C)n4)c3CO)ccc2c1. The van der Waals surface area contributed by atoms with Crippen molar-refractivity contribution < 1.29 is 19.3 Å². The van der Waals surface area contributed by atoms with Gasteiger partial charge in [0.05, 0.1) is 36.2 Å². The third-order valence-corrected chi connectivity index (χ3v) is 7.83. The summed E-state index contributed by atoms with van der Waals surface area (Å²) in [6.07, 6.45) is 4.75. The molecule has 5 aromatic rings. The Balaban J connectivity index is 1.55. The Kier molecular flexibility index (Phi) is 9.10. The van der Waals surface area contributed by atoms with Gasteiger partial charge in [-0.25, -0.2) is 14.1 Å². The maximum absolute atomic E-state index is 15.5. The minimum absolute atomic E-state index is 0.0784. The Morgan fingerprint density at radius 3 is 2.47 bits per heavy atom. The Morgan fingerprint density at radius 2 is 1.81 bits per heavy atom. The summed E-state index contributed by atoms with van der Waals surface area (Å²) >= 11 is 0. The number of fused-ring (bicyclic) bond motifs is 1. The van der Waals surface area contributed by atoms with Crippen molar-refractivity contribution in [2.75, 3.05) is 19.0 Å². The van der Waals surface area contributed by atoms with Crippen LogP contribution in [0, 0.1) is 5.82 Å². The molecule has 11 nitrogen and oxygen atoms in total. The predicted molar refractivity (Wildman–Crippen MR) is 181 cm³/mol. The van der Waals surface area contributed by atoms with Crippen LogP contribution in [-0.2, 0) is 19.1 Å². The van der Waals surface area contributed by atoms with Crippen molar-refractivity contribution in [2.45, 2.75) is 45.3 Å². The van der Waals surface area contributed by atoms with Crippen LogP contribution in [0.15, 0.2) is 81.6 Å². The van der Waals surface area contributed by atoms with Crippen LogP contribution in [0.3, 0.4) is 0 Å². The van der Waals surface area contributed by atoms with Gasteiger partial charge in [-0.3, -0.25) is 19.1 Å². The van der Waals surface area contributed by atoms with Crippen LogP contribution in [0.1, 0.15) is 38.8 Å². The fourth-order valence-corrected chi connectivity index (χ4v) is 5.33. The lowest BCUT2D eigenvalue weighted by Gasteiger charge is -2.23. The fourth-order valence-electron chi connectivity index (χ4n) is 5.33. The number of pyridine rings is 2. The number of aliphatic hydroxyl groups excluding tert-OH is 2. The van der Waals surface area contributed by atoms with Crippen LogP contribution >= 0.6 is 0 Å². The van der Waals surface area contributed by atoms with Crippen LogP contribution in [0.2, 0.25) is 0 Å². The van der Waals surface area contributed by atoms with Crippen LogP contribution in [0.5, 0.6) is 5.75 Å². The van der Waals surface area contributed by atoms with Gasteiger partial charge in [0.2, 0.25) is 0 Å². The Labute approximate surface area is 270 Å². The smallest absolute Gasteiger partial charge is 0.290 e. The zero-order valence-corrected chi connectivity index (χ0v) is 27.1. The number of hydrogen-bond donors (Lipinski definition) is 3. The lowest BCUT2D eigenvalue weighted by molar-refractivity contribution is 0.0410. The molecular formula is C35H37FN6O5. The summed E-state index contributed by atoms with van der Waals surface area (Å²) in [5.41, 5.74) is 0.0108. The topological polar surface area (TPSA) is 144 Å². The number of anilines is 2. The van der Waals surface area contributed by atoms with E-state index in [0.717, 1.165) is 4.68 Å². The van der Waals surface area contributed by atoms with E-state index >= 15 is 4.39 Å². The molecule has 5 rings (SSSR count). The van der Waals surface area contributed by atoms with Crippen molar-refractivity contribution in [3.8, 4) is 22.7 Å². The van der Waals surface area contributed by atoms with E-state index in [1.54, 1.807) is 75.8 Å². The van der Waals surface area contributed by atoms with Gasteiger partial charge in [-0.15, -0.1) is 0 Å². The number of aryl methyl sites for hydroxylation is 1. The second kappa shape index (κ2) is 12.9. The first-order valence-electron chi connectivity index (χ1n) is 14.9. The van der Waals surface area contributed by atoms with Gasteiger partial charge < -0.3 is 20.3 Å². The number of ether oxygens (including phenoxy) is 1. The third kappa shape index (κ3) is 6.69. The van der Waals surface area contributed by atoms with Crippen LogP contribution in [-0.4, -0.2) is 55.0 Å². The number of aliphatic imine (C=N–C) groups is 1. The van der Waals surface area contributed by atoms with Gasteiger partial charge in [0.25, 0.3) is 11.1 Å². The molecule has 0 fully saturated rings. The summed E-state index contributed by atoms with van der Waals surface area (Å²) in [7, 11) is 3.15. The molecule has 0 aliphatic heterocycles. The number of nitrogens with zero attached hydrogens (tertiary/aromatic N) is 5. The number of hydrogen-bond acceptors (Lipinski definition) is 9. The number of halogens is 1. The van der Waals surface area contributed by atoms with Crippen molar-refractivity contribution in [1.82, 2.24) is 19.3 Å². The summed E-state index contributed by atoms with van der Waals surface area (Å²) in [6.45, 7) is 6.66. The van der Waals surface area contributed by atoms with Gasteiger partial charge >= 0.3 is 0 Å². The molecular weight excluding hydrogens is 603 g/mol. The van der Waals surface area contributed by atoms with Crippen molar-refractivity contribution in [2.24, 2.45) is 12.0 Å². The molecule has 0 amide bonds. The highest BCUT2D eigenvalue weighted by atomic mass is 19.1. The molecule has 0 atom stereocenters. The van der Waals surface area contributed by atoms with Crippen LogP contribution in [0.25, 0.3) is 27.7 Å². The molecule has 2 aromatic carbocycles. The Bertz CT molecular complexity index is 2100. The highest BCUT2D eigenvalue weighted by Crippen LogP contribution is 2.30. The van der Waals surface area contributed by atoms with E-state index in [4.69, 9.17) is 4.74 Å². The summed E-state index contributed by atoms with van der Waals surface area (Å²) in [5.74, 6) is 0.154. The summed E-state index contributed by atoms with van der Waals surface area (Å²) in [5, 5.41) is 27.8. The van der Waals surface area contributed by atoms with Crippen LogP contribution in [0.4, 0.5) is 15.9 Å². The Morgan fingerprint density at radius 1 is 1.04 bits per heavy atom. The molecule has 12 heteroatoms. The molecule has 0 aliphatic rings. The summed E-state index contributed by atoms with van der Waals surface area (Å²) in [6, 6.07) is 14.7. The molecule has 3 aromatic heterocycles. The maximum Gasteiger partial charge on any atom is 0.290 e. The van der Waals surface area contributed by atoms with Gasteiger partial charge in [-0.2, -0.15) is 5.10 Å². The van der Waals surface area contributed by atoms with Crippen molar-refractivity contribution in [1.29, 1.82) is 0 Å². The normalized spacial score (nSPS) is 12.2. The van der Waals surface area contributed by atoms with Crippen molar-refractivity contribution >= 4 is 28.5 Å². The molecule has 244 valence electrons.